The molecule has 4 rings (SSSR count). The molecular weight excluding hydrogens is 463 g/mol. The maximum absolute atomic E-state index is 12.3. The third kappa shape index (κ3) is 5.70. The topological polar surface area (TPSA) is 63.5 Å². The van der Waals surface area contributed by atoms with Crippen molar-refractivity contribution in [1.29, 1.82) is 0 Å². The number of nitrogens with one attached hydrogen (secondary N) is 2. The molecule has 0 fully saturated rings. The fourth-order valence-corrected chi connectivity index (χ4v) is 3.53. The third-order valence-electron chi connectivity index (χ3n) is 4.96. The third-order valence-corrected chi connectivity index (χ3v) is 5.16. The van der Waals surface area contributed by atoms with E-state index in [-0.39, 0.29) is 5.75 Å². The zero-order chi connectivity index (χ0) is 24.3. The Kier molecular flexibility index (Phi) is 6.51. The summed E-state index contributed by atoms with van der Waals surface area (Å²) in [7, 11) is 0. The zero-order valence-corrected chi connectivity index (χ0v) is 19.0. The molecule has 4 aromatic rings. The largest absolute Gasteiger partial charge is 0.573 e. The highest BCUT2D eigenvalue weighted by Crippen LogP contribution is 2.24. The number of anilines is 1. The van der Waals surface area contributed by atoms with E-state index in [1.165, 1.54) is 24.3 Å². The summed E-state index contributed by atoms with van der Waals surface area (Å²) >= 11 is 5.32. The quantitative estimate of drug-likeness (QED) is 0.211. The molecule has 1 aromatic heterocycles. The Balaban J connectivity index is 1.43. The number of fused-ring (bicyclic) bond motifs is 1. The average molecular weight is 484 g/mol. The lowest BCUT2D eigenvalue weighted by molar-refractivity contribution is -0.274. The molecule has 0 aliphatic carbocycles. The van der Waals surface area contributed by atoms with Crippen molar-refractivity contribution in [3.8, 4) is 11.4 Å². The molecule has 2 N–H and O–H groups in total. The number of hydrazone groups is 1. The molecule has 1 heterocycles. The first-order valence-corrected chi connectivity index (χ1v) is 10.6. The Morgan fingerprint density at radius 3 is 2.44 bits per heavy atom. The van der Waals surface area contributed by atoms with Gasteiger partial charge in [-0.1, -0.05) is 24.3 Å². The zero-order valence-electron chi connectivity index (χ0n) is 18.2. The molecule has 0 saturated heterocycles. The van der Waals surface area contributed by atoms with E-state index < -0.39 is 6.36 Å². The Hall–Kier alpha value is -3.92. The lowest BCUT2D eigenvalue weighted by Crippen LogP contribution is -2.24. The van der Waals surface area contributed by atoms with E-state index in [1.807, 2.05) is 50.2 Å². The van der Waals surface area contributed by atoms with Crippen molar-refractivity contribution >= 4 is 40.1 Å². The number of para-hydroxylation sites is 1. The SMILES string of the molecule is Cc1cccc(C)c1NC(=S)N/N=C/c1ccc2nn(-c3ccc(OC(F)(F)F)cc3)cc2c1. The molecule has 0 amide bonds. The minimum Gasteiger partial charge on any atom is -0.406 e. The van der Waals surface area contributed by atoms with Crippen molar-refractivity contribution in [1.82, 2.24) is 15.2 Å². The van der Waals surface area contributed by atoms with Crippen LogP contribution < -0.4 is 15.5 Å². The van der Waals surface area contributed by atoms with E-state index in [2.05, 4.69) is 25.7 Å². The van der Waals surface area contributed by atoms with Gasteiger partial charge < -0.3 is 10.1 Å². The van der Waals surface area contributed by atoms with Crippen LogP contribution in [0.2, 0.25) is 0 Å². The standard InChI is InChI=1S/C24H20F3N5OS/c1-15-4-3-5-16(2)22(15)29-23(34)30-28-13-17-6-11-21-18(12-17)14-32(31-21)19-7-9-20(10-8-19)33-24(25,26)27/h3-14H,1-2H3,(H2,29,30,34)/b28-13+. The predicted molar refractivity (Wildman–Crippen MR) is 131 cm³/mol. The van der Waals surface area contributed by atoms with Crippen LogP contribution in [0.5, 0.6) is 5.75 Å². The highest BCUT2D eigenvalue weighted by Gasteiger charge is 2.31. The fourth-order valence-electron chi connectivity index (χ4n) is 3.38. The Morgan fingerprint density at radius 2 is 1.76 bits per heavy atom. The molecule has 34 heavy (non-hydrogen) atoms. The van der Waals surface area contributed by atoms with Gasteiger partial charge in [-0.25, -0.2) is 4.68 Å². The van der Waals surface area contributed by atoms with E-state index >= 15 is 0 Å². The van der Waals surface area contributed by atoms with Gasteiger partial charge in [0.2, 0.25) is 0 Å². The van der Waals surface area contributed by atoms with E-state index in [0.29, 0.717) is 10.8 Å². The molecule has 0 radical (unpaired) electrons. The molecule has 0 unspecified atom stereocenters. The van der Waals surface area contributed by atoms with Crippen LogP contribution in [-0.2, 0) is 0 Å². The molecule has 3 aromatic carbocycles. The van der Waals surface area contributed by atoms with Crippen LogP contribution >= 0.6 is 12.2 Å². The van der Waals surface area contributed by atoms with Gasteiger partial charge in [-0.05, 0) is 79.2 Å². The molecule has 174 valence electrons. The second-order valence-electron chi connectivity index (χ2n) is 7.52. The number of thiocarbonyl (C=S) groups is 1. The molecule has 0 saturated carbocycles. The molecule has 0 bridgehead atoms. The monoisotopic (exact) mass is 483 g/mol. The highest BCUT2D eigenvalue weighted by atomic mass is 32.1. The number of hydrogen-bond acceptors (Lipinski definition) is 4. The molecule has 0 spiro atoms. The second-order valence-corrected chi connectivity index (χ2v) is 7.93. The van der Waals surface area contributed by atoms with E-state index in [4.69, 9.17) is 12.2 Å². The molecule has 0 aliphatic rings. The number of aromatic nitrogens is 2. The van der Waals surface area contributed by atoms with Gasteiger partial charge in [0.25, 0.3) is 0 Å². The number of alkyl halides is 3. The first-order valence-electron chi connectivity index (χ1n) is 10.2. The van der Waals surface area contributed by atoms with Gasteiger partial charge in [0.05, 0.1) is 17.4 Å². The Morgan fingerprint density at radius 1 is 1.06 bits per heavy atom. The fraction of sp³-hybridized carbons (Fsp3) is 0.125. The van der Waals surface area contributed by atoms with Crippen LogP contribution in [0.3, 0.4) is 0 Å². The van der Waals surface area contributed by atoms with Gasteiger partial charge in [0, 0.05) is 17.3 Å². The van der Waals surface area contributed by atoms with Crippen LogP contribution in [0, 0.1) is 13.8 Å². The van der Waals surface area contributed by atoms with Crippen molar-refractivity contribution in [3.05, 3.63) is 83.6 Å². The maximum Gasteiger partial charge on any atom is 0.573 e. The van der Waals surface area contributed by atoms with Gasteiger partial charge in [-0.3, -0.25) is 5.43 Å². The van der Waals surface area contributed by atoms with Crippen molar-refractivity contribution in [2.45, 2.75) is 20.2 Å². The van der Waals surface area contributed by atoms with Gasteiger partial charge in [-0.2, -0.15) is 10.2 Å². The van der Waals surface area contributed by atoms with E-state index in [9.17, 15) is 13.2 Å². The van der Waals surface area contributed by atoms with Crippen LogP contribution in [-0.4, -0.2) is 27.5 Å². The lowest BCUT2D eigenvalue weighted by Gasteiger charge is -2.12. The van der Waals surface area contributed by atoms with Gasteiger partial charge >= 0.3 is 6.36 Å². The highest BCUT2D eigenvalue weighted by molar-refractivity contribution is 7.80. The number of rotatable bonds is 5. The second kappa shape index (κ2) is 9.52. The minimum atomic E-state index is -4.73. The van der Waals surface area contributed by atoms with Crippen LogP contribution in [0.4, 0.5) is 18.9 Å². The summed E-state index contributed by atoms with van der Waals surface area (Å²) in [5.41, 5.74) is 8.08. The van der Waals surface area contributed by atoms with Crippen LogP contribution in [0.1, 0.15) is 16.7 Å². The summed E-state index contributed by atoms with van der Waals surface area (Å²) in [6, 6.07) is 17.1. The Bertz CT molecular complexity index is 1340. The summed E-state index contributed by atoms with van der Waals surface area (Å²) < 4.78 is 42.5. The van der Waals surface area contributed by atoms with Gasteiger partial charge in [-0.15, -0.1) is 13.2 Å². The van der Waals surface area contributed by atoms with Crippen molar-refractivity contribution in [3.63, 3.8) is 0 Å². The molecule has 10 heteroatoms. The van der Waals surface area contributed by atoms with Crippen molar-refractivity contribution in [2.24, 2.45) is 5.10 Å². The lowest BCUT2D eigenvalue weighted by atomic mass is 10.1. The smallest absolute Gasteiger partial charge is 0.406 e. The molecule has 6 nitrogen and oxygen atoms in total. The number of nitrogens with zero attached hydrogens (tertiary/aromatic N) is 3. The summed E-state index contributed by atoms with van der Waals surface area (Å²) in [4.78, 5) is 0. The summed E-state index contributed by atoms with van der Waals surface area (Å²) in [5, 5.41) is 13.0. The normalized spacial score (nSPS) is 11.7. The van der Waals surface area contributed by atoms with Crippen molar-refractivity contribution in [2.75, 3.05) is 5.32 Å². The van der Waals surface area contributed by atoms with E-state index in [1.54, 1.807) is 17.1 Å². The first kappa shape index (κ1) is 23.2. The molecular formula is C24H20F3N5OS. The number of benzene rings is 3. The average Bonchev–Trinajstić information content (AvgIpc) is 3.19. The number of halogens is 3. The van der Waals surface area contributed by atoms with E-state index in [0.717, 1.165) is 33.3 Å². The number of aryl methyl sites for hydroxylation is 2. The van der Waals surface area contributed by atoms with Gasteiger partial charge in [0.15, 0.2) is 5.11 Å². The Labute approximate surface area is 199 Å². The maximum atomic E-state index is 12.3. The minimum absolute atomic E-state index is 0.288. The van der Waals surface area contributed by atoms with Crippen LogP contribution in [0.15, 0.2) is 72.0 Å². The van der Waals surface area contributed by atoms with Gasteiger partial charge in [0.1, 0.15) is 5.75 Å². The number of hydrogen-bond donors (Lipinski definition) is 2. The molecule has 0 atom stereocenters. The summed E-state index contributed by atoms with van der Waals surface area (Å²) in [5.74, 6) is -0.288. The van der Waals surface area contributed by atoms with Crippen LogP contribution in [0.25, 0.3) is 16.6 Å². The summed E-state index contributed by atoms with van der Waals surface area (Å²) in [6.07, 6.45) is -1.31. The summed E-state index contributed by atoms with van der Waals surface area (Å²) in [6.45, 7) is 4.00. The number of ether oxygens (including phenoxy) is 1. The predicted octanol–water partition coefficient (Wildman–Crippen LogP) is 5.86. The van der Waals surface area contributed by atoms with Crippen molar-refractivity contribution < 1.29 is 17.9 Å². The first-order chi connectivity index (χ1) is 16.2. The molecule has 0 aliphatic heterocycles.